The number of aromatic nitrogens is 1. The van der Waals surface area contributed by atoms with E-state index in [2.05, 4.69) is 17.2 Å². The van der Waals surface area contributed by atoms with Crippen molar-refractivity contribution in [1.29, 1.82) is 0 Å². The van der Waals surface area contributed by atoms with Gasteiger partial charge in [0.2, 0.25) is 0 Å². The van der Waals surface area contributed by atoms with Gasteiger partial charge < -0.3 is 10.1 Å². The number of ether oxygens (including phenoxy) is 1. The molecule has 1 heterocycles. The largest absolute Gasteiger partial charge is 0.490 e. The highest BCUT2D eigenvalue weighted by Crippen LogP contribution is 2.35. The fraction of sp³-hybridized carbons (Fsp3) is 0.500. The molecule has 3 atom stereocenters. The zero-order chi connectivity index (χ0) is 20.0. The molecule has 3 nitrogen and oxygen atoms in total. The lowest BCUT2D eigenvalue weighted by molar-refractivity contribution is -0.137. The van der Waals surface area contributed by atoms with E-state index in [1.165, 1.54) is 11.6 Å². The van der Waals surface area contributed by atoms with E-state index < -0.39 is 11.7 Å². The van der Waals surface area contributed by atoms with Crippen molar-refractivity contribution in [3.05, 3.63) is 59.9 Å². The molecule has 0 radical (unpaired) electrons. The number of rotatable bonds is 7. The third-order valence-electron chi connectivity index (χ3n) is 5.48. The summed E-state index contributed by atoms with van der Waals surface area (Å²) in [5.74, 6) is 1.30. The molecule has 6 heteroatoms. The molecular formula is C22H27F3N2O. The van der Waals surface area contributed by atoms with Crippen LogP contribution in [0, 0.1) is 11.8 Å². The minimum absolute atomic E-state index is 0.0233. The average Bonchev–Trinajstić information content (AvgIpc) is 2.68. The van der Waals surface area contributed by atoms with E-state index in [1.54, 1.807) is 18.5 Å². The van der Waals surface area contributed by atoms with Crippen LogP contribution < -0.4 is 10.1 Å². The predicted molar refractivity (Wildman–Crippen MR) is 103 cm³/mol. The van der Waals surface area contributed by atoms with Crippen molar-refractivity contribution in [2.45, 2.75) is 51.4 Å². The fourth-order valence-corrected chi connectivity index (χ4v) is 3.85. The fourth-order valence-electron chi connectivity index (χ4n) is 3.85. The summed E-state index contributed by atoms with van der Waals surface area (Å²) in [5.41, 5.74) is 0.544. The van der Waals surface area contributed by atoms with Gasteiger partial charge in [-0.3, -0.25) is 4.98 Å². The normalized spacial score (nSPS) is 21.3. The van der Waals surface area contributed by atoms with Crippen LogP contribution in [0.25, 0.3) is 0 Å². The van der Waals surface area contributed by atoms with Gasteiger partial charge in [0.25, 0.3) is 0 Å². The molecule has 28 heavy (non-hydrogen) atoms. The molecule has 1 N–H and O–H groups in total. The third-order valence-corrected chi connectivity index (χ3v) is 5.48. The zero-order valence-electron chi connectivity index (χ0n) is 16.1. The first kappa shape index (κ1) is 20.6. The summed E-state index contributed by atoms with van der Waals surface area (Å²) in [7, 11) is 0. The second-order valence-corrected chi connectivity index (χ2v) is 7.66. The van der Waals surface area contributed by atoms with Gasteiger partial charge in [-0.15, -0.1) is 0 Å². The summed E-state index contributed by atoms with van der Waals surface area (Å²) in [4.78, 5) is 4.02. The summed E-state index contributed by atoms with van der Waals surface area (Å²) in [5, 5.41) is 3.49. The van der Waals surface area contributed by atoms with Crippen LogP contribution in [-0.2, 0) is 12.7 Å². The smallest absolute Gasteiger partial charge is 0.416 e. The van der Waals surface area contributed by atoms with Crippen LogP contribution in [-0.4, -0.2) is 17.6 Å². The molecule has 152 valence electrons. The zero-order valence-corrected chi connectivity index (χ0v) is 16.1. The Bertz CT molecular complexity index is 736. The van der Waals surface area contributed by atoms with Gasteiger partial charge in [0, 0.05) is 18.9 Å². The Labute approximate surface area is 164 Å². The van der Waals surface area contributed by atoms with E-state index in [4.69, 9.17) is 4.74 Å². The van der Waals surface area contributed by atoms with Crippen LogP contribution in [0.1, 0.15) is 43.7 Å². The third kappa shape index (κ3) is 5.96. The summed E-state index contributed by atoms with van der Waals surface area (Å²) < 4.78 is 44.6. The molecule has 0 spiro atoms. The maximum atomic E-state index is 12.9. The minimum atomic E-state index is -4.34. The second kappa shape index (κ2) is 9.41. The first-order chi connectivity index (χ1) is 13.4. The Hall–Kier alpha value is -2.08. The van der Waals surface area contributed by atoms with Crippen molar-refractivity contribution >= 4 is 0 Å². The topological polar surface area (TPSA) is 34.2 Å². The van der Waals surface area contributed by atoms with Crippen molar-refractivity contribution in [2.24, 2.45) is 11.8 Å². The number of nitrogens with zero attached hydrogens (tertiary/aromatic N) is 1. The first-order valence-corrected chi connectivity index (χ1v) is 9.85. The average molecular weight is 392 g/mol. The highest BCUT2D eigenvalue weighted by Gasteiger charge is 2.31. The first-order valence-electron chi connectivity index (χ1n) is 9.85. The molecule has 0 saturated heterocycles. The number of halogens is 3. The molecule has 2 aromatic rings. The molecule has 3 unspecified atom stereocenters. The van der Waals surface area contributed by atoms with Crippen molar-refractivity contribution in [3.63, 3.8) is 0 Å². The molecule has 1 aliphatic carbocycles. The van der Waals surface area contributed by atoms with Gasteiger partial charge in [-0.2, -0.15) is 13.2 Å². The van der Waals surface area contributed by atoms with Crippen LogP contribution >= 0.6 is 0 Å². The summed E-state index contributed by atoms with van der Waals surface area (Å²) >= 11 is 0. The molecule has 0 bridgehead atoms. The number of nitrogens with one attached hydrogen (secondary N) is 1. The Morgan fingerprint density at radius 3 is 2.71 bits per heavy atom. The van der Waals surface area contributed by atoms with E-state index in [0.717, 1.165) is 50.9 Å². The number of hydrogen-bond acceptors (Lipinski definition) is 3. The molecule has 0 aliphatic heterocycles. The van der Waals surface area contributed by atoms with Gasteiger partial charge in [-0.25, -0.2) is 0 Å². The summed E-state index contributed by atoms with van der Waals surface area (Å²) in [6.07, 6.45) is 3.17. The number of benzene rings is 1. The van der Waals surface area contributed by atoms with Crippen molar-refractivity contribution in [3.8, 4) is 5.75 Å². The van der Waals surface area contributed by atoms with Gasteiger partial charge in [0.1, 0.15) is 5.75 Å². The summed E-state index contributed by atoms with van der Waals surface area (Å²) in [6, 6.07) is 9.19. The van der Waals surface area contributed by atoms with E-state index in [-0.39, 0.29) is 6.10 Å². The lowest BCUT2D eigenvalue weighted by Gasteiger charge is -2.33. The van der Waals surface area contributed by atoms with E-state index in [1.807, 2.05) is 12.1 Å². The van der Waals surface area contributed by atoms with Crippen molar-refractivity contribution in [1.82, 2.24) is 10.3 Å². The van der Waals surface area contributed by atoms with Crippen molar-refractivity contribution < 1.29 is 17.9 Å². The second-order valence-electron chi connectivity index (χ2n) is 7.66. The number of hydrogen-bond donors (Lipinski definition) is 1. The maximum absolute atomic E-state index is 12.9. The summed E-state index contributed by atoms with van der Waals surface area (Å²) in [6.45, 7) is 3.95. The molecule has 3 rings (SSSR count). The molecule has 0 amide bonds. The van der Waals surface area contributed by atoms with Crippen molar-refractivity contribution in [2.75, 3.05) is 6.54 Å². The standard InChI is InChI=1S/C22H27F3N2O/c1-16(14-27-15-17-8-10-26-11-9-17)18-4-2-6-20(12-18)28-21-7-3-5-19(13-21)22(23,24)25/h3,5,7-11,13,16,18,20,27H,2,4,6,12,14-15H2,1H3. The van der Waals surface area contributed by atoms with E-state index in [0.29, 0.717) is 17.6 Å². The van der Waals surface area contributed by atoms with Crippen LogP contribution in [0.4, 0.5) is 13.2 Å². The molecule has 1 aromatic heterocycles. The lowest BCUT2D eigenvalue weighted by atomic mass is 9.79. The van der Waals surface area contributed by atoms with Crippen LogP contribution in [0.15, 0.2) is 48.8 Å². The highest BCUT2D eigenvalue weighted by molar-refractivity contribution is 5.30. The lowest BCUT2D eigenvalue weighted by Crippen LogP contribution is -2.33. The monoisotopic (exact) mass is 392 g/mol. The SMILES string of the molecule is CC(CNCc1ccncc1)C1CCCC(Oc2cccc(C(F)(F)F)c2)C1. The van der Waals surface area contributed by atoms with E-state index in [9.17, 15) is 13.2 Å². The van der Waals surface area contributed by atoms with Crippen LogP contribution in [0.3, 0.4) is 0 Å². The quantitative estimate of drug-likeness (QED) is 0.679. The Morgan fingerprint density at radius 1 is 1.18 bits per heavy atom. The Balaban J connectivity index is 1.49. The Kier molecular flexibility index (Phi) is 6.94. The highest BCUT2D eigenvalue weighted by atomic mass is 19.4. The molecule has 1 aliphatic rings. The maximum Gasteiger partial charge on any atom is 0.416 e. The van der Waals surface area contributed by atoms with Gasteiger partial charge >= 0.3 is 6.18 Å². The van der Waals surface area contributed by atoms with Crippen LogP contribution in [0.2, 0.25) is 0 Å². The minimum Gasteiger partial charge on any atom is -0.490 e. The molecule has 1 fully saturated rings. The predicted octanol–water partition coefficient (Wildman–Crippen LogP) is 5.46. The van der Waals surface area contributed by atoms with Crippen LogP contribution in [0.5, 0.6) is 5.75 Å². The van der Waals surface area contributed by atoms with E-state index >= 15 is 0 Å². The van der Waals surface area contributed by atoms with Gasteiger partial charge in [0.15, 0.2) is 0 Å². The Morgan fingerprint density at radius 2 is 1.96 bits per heavy atom. The van der Waals surface area contributed by atoms with Gasteiger partial charge in [0.05, 0.1) is 11.7 Å². The molecule has 1 aromatic carbocycles. The molecular weight excluding hydrogens is 365 g/mol. The van der Waals surface area contributed by atoms with Gasteiger partial charge in [-0.1, -0.05) is 13.0 Å². The molecule has 1 saturated carbocycles. The number of alkyl halides is 3. The number of pyridine rings is 1. The van der Waals surface area contributed by atoms with Gasteiger partial charge in [-0.05, 0) is 80.0 Å².